The average molecular weight is 233 g/mol. The van der Waals surface area contributed by atoms with Gasteiger partial charge in [0.1, 0.15) is 0 Å². The molecule has 0 aromatic carbocycles. The SMILES string of the molecule is CC1(C)CCNC1C(=O)NCc1ccncc1. The van der Waals surface area contributed by atoms with Crippen LogP contribution in [0.25, 0.3) is 0 Å². The molecule has 1 amide bonds. The van der Waals surface area contributed by atoms with Gasteiger partial charge in [-0.2, -0.15) is 0 Å². The fraction of sp³-hybridized carbons (Fsp3) is 0.538. The summed E-state index contributed by atoms with van der Waals surface area (Å²) in [4.78, 5) is 16.0. The van der Waals surface area contributed by atoms with E-state index in [0.29, 0.717) is 6.54 Å². The summed E-state index contributed by atoms with van der Waals surface area (Å²) in [6.45, 7) is 5.74. The van der Waals surface area contributed by atoms with Gasteiger partial charge in [-0.25, -0.2) is 0 Å². The number of pyridine rings is 1. The van der Waals surface area contributed by atoms with E-state index in [2.05, 4.69) is 29.5 Å². The normalized spacial score (nSPS) is 22.4. The molecule has 17 heavy (non-hydrogen) atoms. The summed E-state index contributed by atoms with van der Waals surface area (Å²) in [5, 5.41) is 6.23. The van der Waals surface area contributed by atoms with Gasteiger partial charge in [0.05, 0.1) is 6.04 Å². The van der Waals surface area contributed by atoms with E-state index < -0.39 is 0 Å². The minimum atomic E-state index is -0.0793. The van der Waals surface area contributed by atoms with Crippen molar-refractivity contribution in [3.8, 4) is 0 Å². The monoisotopic (exact) mass is 233 g/mol. The molecule has 1 aliphatic rings. The number of rotatable bonds is 3. The van der Waals surface area contributed by atoms with Crippen molar-refractivity contribution in [2.24, 2.45) is 5.41 Å². The first-order chi connectivity index (χ1) is 8.09. The molecule has 0 bridgehead atoms. The first-order valence-electron chi connectivity index (χ1n) is 5.99. The molecule has 4 nitrogen and oxygen atoms in total. The Morgan fingerprint density at radius 3 is 2.82 bits per heavy atom. The second-order valence-corrected chi connectivity index (χ2v) is 5.20. The highest BCUT2D eigenvalue weighted by molar-refractivity contribution is 5.83. The fourth-order valence-corrected chi connectivity index (χ4v) is 2.20. The molecule has 1 atom stereocenters. The summed E-state index contributed by atoms with van der Waals surface area (Å²) in [5.74, 6) is 0.0873. The Balaban J connectivity index is 1.90. The number of hydrogen-bond donors (Lipinski definition) is 2. The van der Waals surface area contributed by atoms with Crippen LogP contribution in [0.3, 0.4) is 0 Å². The largest absolute Gasteiger partial charge is 0.351 e. The van der Waals surface area contributed by atoms with Crippen molar-refractivity contribution in [2.45, 2.75) is 32.9 Å². The lowest BCUT2D eigenvalue weighted by molar-refractivity contribution is -0.124. The van der Waals surface area contributed by atoms with Gasteiger partial charge in [0.2, 0.25) is 5.91 Å². The summed E-state index contributed by atoms with van der Waals surface area (Å²) in [6.07, 6.45) is 4.51. The lowest BCUT2D eigenvalue weighted by Gasteiger charge is -2.25. The summed E-state index contributed by atoms with van der Waals surface area (Å²) in [6, 6.07) is 3.74. The third-order valence-corrected chi connectivity index (χ3v) is 3.38. The Bertz CT molecular complexity index is 389. The van der Waals surface area contributed by atoms with Crippen LogP contribution in [0.1, 0.15) is 25.8 Å². The van der Waals surface area contributed by atoms with Crippen LogP contribution in [0.5, 0.6) is 0 Å². The molecule has 1 saturated heterocycles. The van der Waals surface area contributed by atoms with E-state index in [9.17, 15) is 4.79 Å². The van der Waals surface area contributed by atoms with Crippen LogP contribution in [-0.4, -0.2) is 23.5 Å². The third-order valence-electron chi connectivity index (χ3n) is 3.38. The number of aromatic nitrogens is 1. The zero-order chi connectivity index (χ0) is 12.3. The van der Waals surface area contributed by atoms with Crippen molar-refractivity contribution >= 4 is 5.91 Å². The first kappa shape index (κ1) is 12.0. The fourth-order valence-electron chi connectivity index (χ4n) is 2.20. The molecule has 1 unspecified atom stereocenters. The highest BCUT2D eigenvalue weighted by Gasteiger charge is 2.38. The Morgan fingerprint density at radius 2 is 2.24 bits per heavy atom. The summed E-state index contributed by atoms with van der Waals surface area (Å²) in [5.41, 5.74) is 1.12. The molecule has 1 fully saturated rings. The van der Waals surface area contributed by atoms with E-state index in [4.69, 9.17) is 0 Å². The van der Waals surface area contributed by atoms with Gasteiger partial charge in [0.15, 0.2) is 0 Å². The van der Waals surface area contributed by atoms with E-state index in [1.54, 1.807) is 12.4 Å². The van der Waals surface area contributed by atoms with Crippen molar-refractivity contribution in [3.05, 3.63) is 30.1 Å². The first-order valence-corrected chi connectivity index (χ1v) is 5.99. The van der Waals surface area contributed by atoms with Gasteiger partial charge in [-0.15, -0.1) is 0 Å². The number of amides is 1. The molecule has 1 aromatic heterocycles. The van der Waals surface area contributed by atoms with Gasteiger partial charge < -0.3 is 10.6 Å². The van der Waals surface area contributed by atoms with E-state index >= 15 is 0 Å². The maximum atomic E-state index is 12.0. The van der Waals surface area contributed by atoms with E-state index in [1.165, 1.54) is 0 Å². The second-order valence-electron chi connectivity index (χ2n) is 5.20. The molecular weight excluding hydrogens is 214 g/mol. The van der Waals surface area contributed by atoms with Gasteiger partial charge in [-0.05, 0) is 36.1 Å². The molecule has 0 spiro atoms. The topological polar surface area (TPSA) is 54.0 Å². The molecule has 0 aliphatic carbocycles. The predicted octanol–water partition coefficient (Wildman–Crippen LogP) is 1.09. The zero-order valence-corrected chi connectivity index (χ0v) is 10.4. The minimum Gasteiger partial charge on any atom is -0.351 e. The molecular formula is C13H19N3O. The van der Waals surface area contributed by atoms with Gasteiger partial charge in [0, 0.05) is 18.9 Å². The molecule has 1 aliphatic heterocycles. The Kier molecular flexibility index (Phi) is 3.43. The summed E-state index contributed by atoms with van der Waals surface area (Å²) < 4.78 is 0. The lowest BCUT2D eigenvalue weighted by Crippen LogP contribution is -2.46. The van der Waals surface area contributed by atoms with Crippen molar-refractivity contribution in [2.75, 3.05) is 6.54 Å². The van der Waals surface area contributed by atoms with Crippen LogP contribution < -0.4 is 10.6 Å². The van der Waals surface area contributed by atoms with Crippen molar-refractivity contribution < 1.29 is 4.79 Å². The van der Waals surface area contributed by atoms with Crippen LogP contribution in [0.4, 0.5) is 0 Å². The van der Waals surface area contributed by atoms with Crippen LogP contribution in [0.15, 0.2) is 24.5 Å². The van der Waals surface area contributed by atoms with E-state index in [0.717, 1.165) is 18.5 Å². The number of hydrogen-bond acceptors (Lipinski definition) is 3. The molecule has 92 valence electrons. The Labute approximate surface area is 102 Å². The van der Waals surface area contributed by atoms with Gasteiger partial charge in [0.25, 0.3) is 0 Å². The standard InChI is InChI=1S/C13H19N3O/c1-13(2)5-8-15-11(13)12(17)16-9-10-3-6-14-7-4-10/h3-4,6-7,11,15H,5,8-9H2,1-2H3,(H,16,17). The van der Waals surface area contributed by atoms with Crippen LogP contribution in [-0.2, 0) is 11.3 Å². The van der Waals surface area contributed by atoms with Crippen LogP contribution in [0.2, 0.25) is 0 Å². The maximum Gasteiger partial charge on any atom is 0.237 e. The lowest BCUT2D eigenvalue weighted by atomic mass is 9.84. The van der Waals surface area contributed by atoms with Gasteiger partial charge >= 0.3 is 0 Å². The number of carbonyl (C=O) groups excluding carboxylic acids is 1. The third kappa shape index (κ3) is 2.82. The summed E-state index contributed by atoms with van der Waals surface area (Å²) >= 11 is 0. The minimum absolute atomic E-state index is 0.0440. The number of carbonyl (C=O) groups is 1. The molecule has 1 aromatic rings. The quantitative estimate of drug-likeness (QED) is 0.821. The number of nitrogens with zero attached hydrogens (tertiary/aromatic N) is 1. The van der Waals surface area contributed by atoms with Crippen molar-refractivity contribution in [1.29, 1.82) is 0 Å². The predicted molar refractivity (Wildman–Crippen MR) is 66.3 cm³/mol. The highest BCUT2D eigenvalue weighted by atomic mass is 16.2. The second kappa shape index (κ2) is 4.84. The Morgan fingerprint density at radius 1 is 1.53 bits per heavy atom. The maximum absolute atomic E-state index is 12.0. The summed E-state index contributed by atoms with van der Waals surface area (Å²) in [7, 11) is 0. The number of nitrogens with one attached hydrogen (secondary N) is 2. The van der Waals surface area contributed by atoms with Gasteiger partial charge in [-0.3, -0.25) is 9.78 Å². The molecule has 0 radical (unpaired) electrons. The molecule has 4 heteroatoms. The molecule has 2 heterocycles. The van der Waals surface area contributed by atoms with Crippen molar-refractivity contribution in [1.82, 2.24) is 15.6 Å². The van der Waals surface area contributed by atoms with Crippen LogP contribution in [0, 0.1) is 5.41 Å². The van der Waals surface area contributed by atoms with Gasteiger partial charge in [-0.1, -0.05) is 13.8 Å². The average Bonchev–Trinajstić information content (AvgIpc) is 2.67. The van der Waals surface area contributed by atoms with E-state index in [-0.39, 0.29) is 17.4 Å². The van der Waals surface area contributed by atoms with Crippen LogP contribution >= 0.6 is 0 Å². The molecule has 2 rings (SSSR count). The highest BCUT2D eigenvalue weighted by Crippen LogP contribution is 2.29. The Hall–Kier alpha value is -1.42. The molecule has 0 saturated carbocycles. The molecule has 2 N–H and O–H groups in total. The smallest absolute Gasteiger partial charge is 0.237 e. The van der Waals surface area contributed by atoms with E-state index in [1.807, 2.05) is 12.1 Å². The zero-order valence-electron chi connectivity index (χ0n) is 10.4. The van der Waals surface area contributed by atoms with Crippen molar-refractivity contribution in [3.63, 3.8) is 0 Å².